The number of hydrogen-bond acceptors (Lipinski definition) is 8. The second kappa shape index (κ2) is 10.4. The first-order valence-electron chi connectivity index (χ1n) is 12.4. The van der Waals surface area contributed by atoms with Gasteiger partial charge in [0.2, 0.25) is 11.8 Å². The second-order valence-corrected chi connectivity index (χ2v) is 9.39. The molecule has 0 bridgehead atoms. The average Bonchev–Trinajstić information content (AvgIpc) is 2.93. The standard InChI is InChI=1S/C28H26F2N6O4/c1-5-21(38)34-11-12-35(16(3)14-34)25-17-13-19(30)23(22-18(29)7-6-8-20(22)37)32-26(17)36(28(39)33-25)24-15(2)9-10-31-27(24)40-4/h5-10,13,16,37H,1,11-12,14H2,2-4H3/t16-/m0/s1. The number of aromatic hydroxyl groups is 1. The minimum Gasteiger partial charge on any atom is -0.507 e. The number of carbonyl (C=O) groups is 1. The molecule has 4 aromatic rings. The maximum Gasteiger partial charge on any atom is 0.356 e. The summed E-state index contributed by atoms with van der Waals surface area (Å²) in [5.41, 5.74) is -0.897. The molecule has 0 aliphatic carbocycles. The first-order chi connectivity index (χ1) is 19.2. The molecule has 0 saturated carbocycles. The predicted octanol–water partition coefficient (Wildman–Crippen LogP) is 3.37. The molecule has 0 spiro atoms. The van der Waals surface area contributed by atoms with Gasteiger partial charge in [-0.2, -0.15) is 4.98 Å². The summed E-state index contributed by atoms with van der Waals surface area (Å²) in [6.07, 6.45) is 2.74. The van der Waals surface area contributed by atoms with Gasteiger partial charge in [0.25, 0.3) is 0 Å². The van der Waals surface area contributed by atoms with Crippen LogP contribution in [0.4, 0.5) is 14.6 Å². The van der Waals surface area contributed by atoms with Crippen molar-refractivity contribution in [2.75, 3.05) is 31.6 Å². The fraction of sp³-hybridized carbons (Fsp3) is 0.250. The largest absolute Gasteiger partial charge is 0.507 e. The van der Waals surface area contributed by atoms with Gasteiger partial charge >= 0.3 is 5.69 Å². The number of hydrogen-bond donors (Lipinski definition) is 1. The first kappa shape index (κ1) is 26.7. The molecule has 1 atom stereocenters. The third-order valence-corrected chi connectivity index (χ3v) is 6.93. The molecule has 3 aromatic heterocycles. The van der Waals surface area contributed by atoms with Gasteiger partial charge in [-0.1, -0.05) is 12.6 Å². The van der Waals surface area contributed by atoms with Crippen molar-refractivity contribution < 1.29 is 23.4 Å². The molecule has 4 heterocycles. The maximum atomic E-state index is 15.7. The van der Waals surface area contributed by atoms with Crippen molar-refractivity contribution in [1.82, 2.24) is 24.4 Å². The molecule has 1 aliphatic heterocycles. The Morgan fingerprint density at radius 1 is 1.20 bits per heavy atom. The van der Waals surface area contributed by atoms with E-state index in [0.717, 1.165) is 16.7 Å². The molecular formula is C28H26F2N6O4. The van der Waals surface area contributed by atoms with E-state index in [1.54, 1.807) is 22.8 Å². The average molecular weight is 549 g/mol. The summed E-state index contributed by atoms with van der Waals surface area (Å²) in [6.45, 7) is 8.08. The normalized spacial score (nSPS) is 15.4. The van der Waals surface area contributed by atoms with Crippen molar-refractivity contribution in [1.29, 1.82) is 0 Å². The van der Waals surface area contributed by atoms with Crippen molar-refractivity contribution in [2.45, 2.75) is 19.9 Å². The Bertz CT molecular complexity index is 1700. The molecular weight excluding hydrogens is 522 g/mol. The van der Waals surface area contributed by atoms with Gasteiger partial charge in [-0.25, -0.2) is 28.1 Å². The number of carbonyl (C=O) groups excluding carboxylic acids is 1. The highest BCUT2D eigenvalue weighted by molar-refractivity contribution is 5.91. The van der Waals surface area contributed by atoms with Crippen LogP contribution in [-0.4, -0.2) is 68.2 Å². The number of pyridine rings is 2. The van der Waals surface area contributed by atoms with Crippen LogP contribution in [-0.2, 0) is 4.79 Å². The van der Waals surface area contributed by atoms with E-state index in [2.05, 4.69) is 21.5 Å². The van der Waals surface area contributed by atoms with E-state index in [9.17, 15) is 19.1 Å². The van der Waals surface area contributed by atoms with E-state index < -0.39 is 34.3 Å². The molecule has 0 unspecified atom stereocenters. The Hall–Kier alpha value is -4.87. The van der Waals surface area contributed by atoms with Crippen LogP contribution in [0, 0.1) is 18.6 Å². The number of benzene rings is 1. The molecule has 1 saturated heterocycles. The number of anilines is 1. The molecule has 1 N–H and O–H groups in total. The van der Waals surface area contributed by atoms with Gasteiger partial charge in [-0.05, 0) is 49.8 Å². The SMILES string of the molecule is C=CC(=O)N1CCN(c2nc(=O)n(-c3c(C)ccnc3OC)c3nc(-c4c(O)cccc4F)c(F)cc23)[C@@H](C)C1. The van der Waals surface area contributed by atoms with Gasteiger partial charge in [0, 0.05) is 31.9 Å². The molecule has 206 valence electrons. The highest BCUT2D eigenvalue weighted by Crippen LogP contribution is 2.36. The van der Waals surface area contributed by atoms with Crippen LogP contribution >= 0.6 is 0 Å². The van der Waals surface area contributed by atoms with E-state index in [1.807, 2.05) is 6.92 Å². The van der Waals surface area contributed by atoms with Gasteiger partial charge in [-0.15, -0.1) is 0 Å². The van der Waals surface area contributed by atoms with Crippen molar-refractivity contribution in [3.8, 4) is 28.6 Å². The van der Waals surface area contributed by atoms with Crippen LogP contribution in [0.5, 0.6) is 11.6 Å². The quantitative estimate of drug-likeness (QED) is 0.378. The number of fused-ring (bicyclic) bond motifs is 1. The molecule has 1 fully saturated rings. The third kappa shape index (κ3) is 4.40. The monoisotopic (exact) mass is 548 g/mol. The number of amides is 1. The number of phenols is 1. The minimum absolute atomic E-state index is 0.0414. The van der Waals surface area contributed by atoms with Gasteiger partial charge < -0.3 is 19.6 Å². The molecule has 40 heavy (non-hydrogen) atoms. The fourth-order valence-corrected chi connectivity index (χ4v) is 5.00. The zero-order chi connectivity index (χ0) is 28.7. The van der Waals surface area contributed by atoms with Crippen molar-refractivity contribution in [3.63, 3.8) is 0 Å². The van der Waals surface area contributed by atoms with Crippen LogP contribution in [0.1, 0.15) is 12.5 Å². The number of halogens is 2. The summed E-state index contributed by atoms with van der Waals surface area (Å²) in [4.78, 5) is 42.3. The molecule has 1 amide bonds. The molecule has 12 heteroatoms. The highest BCUT2D eigenvalue weighted by atomic mass is 19.1. The van der Waals surface area contributed by atoms with Gasteiger partial charge in [-0.3, -0.25) is 4.79 Å². The summed E-state index contributed by atoms with van der Waals surface area (Å²) in [7, 11) is 1.39. The van der Waals surface area contributed by atoms with E-state index in [-0.39, 0.29) is 40.4 Å². The van der Waals surface area contributed by atoms with Crippen molar-refractivity contribution in [2.24, 2.45) is 0 Å². The fourth-order valence-electron chi connectivity index (χ4n) is 5.00. The number of piperazine rings is 1. The molecule has 1 aromatic carbocycles. The lowest BCUT2D eigenvalue weighted by molar-refractivity contribution is -0.126. The summed E-state index contributed by atoms with van der Waals surface area (Å²) >= 11 is 0. The summed E-state index contributed by atoms with van der Waals surface area (Å²) in [6, 6.07) is 6.06. The number of aromatic nitrogens is 4. The zero-order valence-corrected chi connectivity index (χ0v) is 22.1. The lowest BCUT2D eigenvalue weighted by atomic mass is 10.1. The van der Waals surface area contributed by atoms with Crippen molar-refractivity contribution in [3.05, 3.63) is 76.9 Å². The van der Waals surface area contributed by atoms with Crippen LogP contribution in [0.2, 0.25) is 0 Å². The number of rotatable bonds is 5. The van der Waals surface area contributed by atoms with Gasteiger partial charge in [0.15, 0.2) is 11.5 Å². The molecule has 0 radical (unpaired) electrons. The molecule has 10 nitrogen and oxygen atoms in total. The number of ether oxygens (including phenoxy) is 1. The number of phenolic OH excluding ortho intramolecular Hbond substituents is 1. The summed E-state index contributed by atoms with van der Waals surface area (Å²) in [5, 5.41) is 10.6. The van der Waals surface area contributed by atoms with Crippen LogP contribution in [0.3, 0.4) is 0 Å². The Kier molecular flexibility index (Phi) is 6.92. The smallest absolute Gasteiger partial charge is 0.356 e. The van der Waals surface area contributed by atoms with E-state index >= 15 is 4.39 Å². The lowest BCUT2D eigenvalue weighted by Crippen LogP contribution is -2.54. The van der Waals surface area contributed by atoms with E-state index in [0.29, 0.717) is 25.2 Å². The third-order valence-electron chi connectivity index (χ3n) is 6.93. The second-order valence-electron chi connectivity index (χ2n) is 9.39. The first-order valence-corrected chi connectivity index (χ1v) is 12.4. The van der Waals surface area contributed by atoms with Gasteiger partial charge in [0.05, 0.1) is 18.1 Å². The topological polar surface area (TPSA) is 114 Å². The summed E-state index contributed by atoms with van der Waals surface area (Å²) < 4.78 is 37.1. The number of methoxy groups -OCH3 is 1. The Labute approximate surface area is 227 Å². The maximum absolute atomic E-state index is 15.7. The van der Waals surface area contributed by atoms with Crippen LogP contribution in [0.15, 0.2) is 54.0 Å². The predicted molar refractivity (Wildman–Crippen MR) is 145 cm³/mol. The molecule has 1 aliphatic rings. The number of nitrogens with zero attached hydrogens (tertiary/aromatic N) is 6. The Balaban J connectivity index is 1.82. The number of aryl methyl sites for hydroxylation is 1. The minimum atomic E-state index is -0.927. The van der Waals surface area contributed by atoms with E-state index in [1.165, 1.54) is 31.5 Å². The molecule has 5 rings (SSSR count). The highest BCUT2D eigenvalue weighted by Gasteiger charge is 2.31. The van der Waals surface area contributed by atoms with E-state index in [4.69, 9.17) is 4.74 Å². The summed E-state index contributed by atoms with van der Waals surface area (Å²) in [5.74, 6) is -2.29. The zero-order valence-electron chi connectivity index (χ0n) is 22.1. The van der Waals surface area contributed by atoms with Gasteiger partial charge in [0.1, 0.15) is 28.8 Å². The van der Waals surface area contributed by atoms with Crippen molar-refractivity contribution >= 4 is 22.8 Å². The lowest BCUT2D eigenvalue weighted by Gasteiger charge is -2.40. The van der Waals surface area contributed by atoms with Crippen LogP contribution < -0.4 is 15.3 Å². The Morgan fingerprint density at radius 2 is 1.98 bits per heavy atom. The Morgan fingerprint density at radius 3 is 2.65 bits per heavy atom. The van der Waals surface area contributed by atoms with Crippen LogP contribution in [0.25, 0.3) is 28.0 Å².